The smallest absolute Gasteiger partial charge is 0.139 e. The van der Waals surface area contributed by atoms with Gasteiger partial charge in [0.15, 0.2) is 0 Å². The van der Waals surface area contributed by atoms with E-state index in [0.717, 1.165) is 12.1 Å². The topological polar surface area (TPSA) is 74.4 Å². The third kappa shape index (κ3) is 4.57. The van der Waals surface area contributed by atoms with Crippen molar-refractivity contribution in [3.8, 4) is 0 Å². The van der Waals surface area contributed by atoms with Crippen molar-refractivity contribution in [1.82, 2.24) is 9.88 Å². The van der Waals surface area contributed by atoms with E-state index >= 15 is 0 Å². The van der Waals surface area contributed by atoms with Gasteiger partial charge < -0.3 is 10.5 Å². The quantitative estimate of drug-likeness (QED) is 0.503. The molecular weight excluding hydrogens is 204 g/mol. The fourth-order valence-electron chi connectivity index (χ4n) is 1.63. The van der Waals surface area contributed by atoms with Crippen molar-refractivity contribution in [2.24, 2.45) is 5.84 Å². The molecule has 0 fully saturated rings. The molecule has 1 rings (SSSR count). The van der Waals surface area contributed by atoms with E-state index in [4.69, 9.17) is 5.84 Å². The van der Waals surface area contributed by atoms with Gasteiger partial charge in [0.25, 0.3) is 0 Å². The molecule has 1 heterocycles. The van der Waals surface area contributed by atoms with Crippen molar-refractivity contribution in [2.45, 2.75) is 26.0 Å². The van der Waals surface area contributed by atoms with Gasteiger partial charge in [-0.05, 0) is 32.5 Å². The normalized spacial score (nSPS) is 11.9. The Labute approximate surface area is 96.3 Å². The van der Waals surface area contributed by atoms with Crippen molar-refractivity contribution in [1.29, 1.82) is 0 Å². The third-order valence-corrected chi connectivity index (χ3v) is 2.08. The second kappa shape index (κ2) is 5.25. The van der Waals surface area contributed by atoms with Crippen LogP contribution in [0.2, 0.25) is 0 Å². The van der Waals surface area contributed by atoms with Gasteiger partial charge in [-0.15, -0.1) is 0 Å². The first-order valence-electron chi connectivity index (χ1n) is 5.23. The average molecular weight is 224 g/mol. The minimum absolute atomic E-state index is 0.615. The number of nitrogens with two attached hydrogens (primary N) is 1. The van der Waals surface area contributed by atoms with Crippen LogP contribution < -0.4 is 11.3 Å². The summed E-state index contributed by atoms with van der Waals surface area (Å²) in [5, 5.41) is 9.66. The maximum Gasteiger partial charge on any atom is 0.139 e. The van der Waals surface area contributed by atoms with E-state index in [-0.39, 0.29) is 0 Å². The van der Waals surface area contributed by atoms with Gasteiger partial charge in [-0.3, -0.25) is 4.90 Å². The Balaban J connectivity index is 2.53. The van der Waals surface area contributed by atoms with Gasteiger partial charge in [0.2, 0.25) is 0 Å². The van der Waals surface area contributed by atoms with E-state index in [1.165, 1.54) is 0 Å². The van der Waals surface area contributed by atoms with Crippen molar-refractivity contribution in [2.75, 3.05) is 19.0 Å². The van der Waals surface area contributed by atoms with Gasteiger partial charge in [0.05, 0.1) is 5.60 Å². The molecule has 0 saturated carbocycles. The highest BCUT2D eigenvalue weighted by atomic mass is 16.3. The van der Waals surface area contributed by atoms with Crippen LogP contribution in [-0.4, -0.2) is 34.2 Å². The predicted octanol–water partition coefficient (Wildman–Crippen LogP) is 0.570. The first-order valence-corrected chi connectivity index (χ1v) is 5.23. The average Bonchev–Trinajstić information content (AvgIpc) is 2.16. The number of nitrogens with one attached hydrogen (secondary N) is 1. The van der Waals surface area contributed by atoms with E-state index < -0.39 is 5.60 Å². The summed E-state index contributed by atoms with van der Waals surface area (Å²) in [5.74, 6) is 5.88. The van der Waals surface area contributed by atoms with Crippen LogP contribution in [0.4, 0.5) is 5.82 Å². The van der Waals surface area contributed by atoms with E-state index in [9.17, 15) is 5.11 Å². The zero-order valence-corrected chi connectivity index (χ0v) is 10.1. The summed E-state index contributed by atoms with van der Waals surface area (Å²) in [6, 6.07) is 3.79. The molecule has 5 nitrogen and oxygen atoms in total. The summed E-state index contributed by atoms with van der Waals surface area (Å²) in [4.78, 5) is 6.17. The second-order valence-electron chi connectivity index (χ2n) is 4.68. The zero-order chi connectivity index (χ0) is 12.2. The lowest BCUT2D eigenvalue weighted by Crippen LogP contribution is -2.35. The Hall–Kier alpha value is -1.17. The molecule has 0 aromatic carbocycles. The Bertz CT molecular complexity index is 318. The predicted molar refractivity (Wildman–Crippen MR) is 64.7 cm³/mol. The maximum atomic E-state index is 9.66. The second-order valence-corrected chi connectivity index (χ2v) is 4.68. The molecule has 0 aliphatic carbocycles. The molecule has 90 valence electrons. The number of likely N-dealkylation sites (N-methyl/N-ethyl adjacent to an activating group) is 1. The van der Waals surface area contributed by atoms with Crippen molar-refractivity contribution < 1.29 is 5.11 Å². The number of nitrogen functional groups attached to an aromatic ring is 1. The van der Waals surface area contributed by atoms with Gasteiger partial charge in [-0.2, -0.15) is 0 Å². The van der Waals surface area contributed by atoms with E-state index in [1.54, 1.807) is 20.0 Å². The van der Waals surface area contributed by atoms with Gasteiger partial charge in [0.1, 0.15) is 5.82 Å². The first kappa shape index (κ1) is 12.9. The van der Waals surface area contributed by atoms with Crippen LogP contribution in [0.1, 0.15) is 19.4 Å². The molecule has 16 heavy (non-hydrogen) atoms. The number of nitrogens with zero attached hydrogens (tertiary/aromatic N) is 2. The van der Waals surface area contributed by atoms with Gasteiger partial charge >= 0.3 is 0 Å². The SMILES string of the molecule is CN(Cc1ccc(NN)nc1)CC(C)(C)O. The molecular formula is C11H20N4O. The number of aliphatic hydroxyl groups is 1. The molecule has 0 unspecified atom stereocenters. The highest BCUT2D eigenvalue weighted by Crippen LogP contribution is 2.09. The maximum absolute atomic E-state index is 9.66. The number of rotatable bonds is 5. The molecule has 0 amide bonds. The standard InChI is InChI=1S/C11H20N4O/c1-11(2,16)8-15(3)7-9-4-5-10(14-12)13-6-9/h4-6,16H,7-8,12H2,1-3H3,(H,13,14). The molecule has 0 aliphatic rings. The Kier molecular flexibility index (Phi) is 4.23. The Morgan fingerprint density at radius 3 is 2.62 bits per heavy atom. The highest BCUT2D eigenvalue weighted by molar-refractivity contribution is 5.33. The van der Waals surface area contributed by atoms with Gasteiger partial charge in [0, 0.05) is 19.3 Å². The molecule has 0 bridgehead atoms. The number of hydrazine groups is 1. The van der Waals surface area contributed by atoms with Crippen LogP contribution in [0.15, 0.2) is 18.3 Å². The number of hydrogen-bond donors (Lipinski definition) is 3. The molecule has 0 radical (unpaired) electrons. The number of pyridine rings is 1. The Morgan fingerprint density at radius 1 is 1.50 bits per heavy atom. The summed E-state index contributed by atoms with van der Waals surface area (Å²) < 4.78 is 0. The van der Waals surface area contributed by atoms with Crippen LogP contribution in [0, 0.1) is 0 Å². The van der Waals surface area contributed by atoms with Crippen molar-refractivity contribution in [3.05, 3.63) is 23.9 Å². The first-order chi connectivity index (χ1) is 7.40. The van der Waals surface area contributed by atoms with E-state index in [1.807, 2.05) is 24.1 Å². The summed E-state index contributed by atoms with van der Waals surface area (Å²) >= 11 is 0. The molecule has 4 N–H and O–H groups in total. The van der Waals surface area contributed by atoms with Gasteiger partial charge in [-0.25, -0.2) is 10.8 Å². The third-order valence-electron chi connectivity index (χ3n) is 2.08. The zero-order valence-electron chi connectivity index (χ0n) is 10.1. The molecule has 0 atom stereocenters. The fraction of sp³-hybridized carbons (Fsp3) is 0.545. The largest absolute Gasteiger partial charge is 0.389 e. The molecule has 1 aromatic heterocycles. The molecule has 5 heteroatoms. The number of anilines is 1. The summed E-state index contributed by atoms with van der Waals surface area (Å²) in [5.41, 5.74) is 2.89. The van der Waals surface area contributed by atoms with Crippen LogP contribution in [0.5, 0.6) is 0 Å². The van der Waals surface area contributed by atoms with Gasteiger partial charge in [-0.1, -0.05) is 6.07 Å². The van der Waals surface area contributed by atoms with E-state index in [0.29, 0.717) is 12.4 Å². The summed E-state index contributed by atoms with van der Waals surface area (Å²) in [6.07, 6.45) is 1.77. The Morgan fingerprint density at radius 2 is 2.19 bits per heavy atom. The highest BCUT2D eigenvalue weighted by Gasteiger charge is 2.15. The minimum Gasteiger partial charge on any atom is -0.389 e. The van der Waals surface area contributed by atoms with Crippen LogP contribution in [-0.2, 0) is 6.54 Å². The van der Waals surface area contributed by atoms with Crippen LogP contribution in [0.3, 0.4) is 0 Å². The number of hydrogen-bond acceptors (Lipinski definition) is 5. The lowest BCUT2D eigenvalue weighted by Gasteiger charge is -2.25. The molecule has 0 aliphatic heterocycles. The fourth-order valence-corrected chi connectivity index (χ4v) is 1.63. The van der Waals surface area contributed by atoms with Crippen molar-refractivity contribution >= 4 is 5.82 Å². The lowest BCUT2D eigenvalue weighted by molar-refractivity contribution is 0.0424. The monoisotopic (exact) mass is 224 g/mol. The lowest BCUT2D eigenvalue weighted by atomic mass is 10.1. The molecule has 0 spiro atoms. The number of aromatic nitrogens is 1. The molecule has 0 saturated heterocycles. The summed E-state index contributed by atoms with van der Waals surface area (Å²) in [6.45, 7) is 4.96. The van der Waals surface area contributed by atoms with Crippen LogP contribution in [0.25, 0.3) is 0 Å². The summed E-state index contributed by atoms with van der Waals surface area (Å²) in [7, 11) is 1.97. The minimum atomic E-state index is -0.680. The van der Waals surface area contributed by atoms with Crippen molar-refractivity contribution in [3.63, 3.8) is 0 Å². The van der Waals surface area contributed by atoms with E-state index in [2.05, 4.69) is 10.4 Å². The molecule has 1 aromatic rings. The van der Waals surface area contributed by atoms with Crippen LogP contribution >= 0.6 is 0 Å².